The van der Waals surface area contributed by atoms with Gasteiger partial charge >= 0.3 is 0 Å². The van der Waals surface area contributed by atoms with Crippen LogP contribution in [0, 0.1) is 18.8 Å². The van der Waals surface area contributed by atoms with Crippen molar-refractivity contribution < 1.29 is 9.84 Å². The Morgan fingerprint density at radius 3 is 2.30 bits per heavy atom. The maximum absolute atomic E-state index is 11.1. The molecule has 0 spiro atoms. The maximum Gasteiger partial charge on any atom is 0.119 e. The highest BCUT2D eigenvalue weighted by molar-refractivity contribution is 5.30. The molecule has 2 aliphatic rings. The third-order valence-electron chi connectivity index (χ3n) is 5.75. The monoisotopic (exact) mass is 308 g/mol. The zero-order chi connectivity index (χ0) is 15.9. The Morgan fingerprint density at radius 1 is 1.00 bits per heavy atom. The summed E-state index contributed by atoms with van der Waals surface area (Å²) in [5.74, 6) is 1.93. The maximum atomic E-state index is 11.1. The molecule has 2 saturated carbocycles. The van der Waals surface area contributed by atoms with E-state index >= 15 is 0 Å². The highest BCUT2D eigenvalue weighted by atomic mass is 16.5. The lowest BCUT2D eigenvalue weighted by atomic mass is 9.55. The number of rotatable bonds is 4. The normalized spacial score (nSPS) is 32.7. The van der Waals surface area contributed by atoms with Gasteiger partial charge in [0, 0.05) is 0 Å². The summed E-state index contributed by atoms with van der Waals surface area (Å²) in [7, 11) is 0. The molecule has 0 saturated heterocycles. The predicted molar refractivity (Wildman–Crippen MR) is 91.4 cm³/mol. The fraction of sp³-hybridized carbons (Fsp3) is 0.429. The van der Waals surface area contributed by atoms with Crippen molar-refractivity contribution in [2.75, 3.05) is 0 Å². The minimum atomic E-state index is -0.615. The quantitative estimate of drug-likeness (QED) is 0.904. The molecule has 23 heavy (non-hydrogen) atoms. The third kappa shape index (κ3) is 2.66. The van der Waals surface area contributed by atoms with Gasteiger partial charge in [-0.25, -0.2) is 0 Å². The van der Waals surface area contributed by atoms with E-state index in [0.29, 0.717) is 17.9 Å². The first kappa shape index (κ1) is 14.8. The predicted octanol–water partition coefficient (Wildman–Crippen LogP) is 4.45. The second kappa shape index (κ2) is 5.68. The van der Waals surface area contributed by atoms with Gasteiger partial charge in [0.2, 0.25) is 0 Å². The largest absolute Gasteiger partial charge is 0.490 e. The van der Waals surface area contributed by atoms with Gasteiger partial charge in [-0.1, -0.05) is 48.0 Å². The number of para-hydroxylation sites is 1. The van der Waals surface area contributed by atoms with E-state index in [1.54, 1.807) is 0 Å². The highest BCUT2D eigenvalue weighted by Crippen LogP contribution is 2.55. The second-order valence-corrected chi connectivity index (χ2v) is 7.22. The summed E-state index contributed by atoms with van der Waals surface area (Å²) >= 11 is 0. The van der Waals surface area contributed by atoms with Crippen LogP contribution < -0.4 is 4.74 Å². The lowest BCUT2D eigenvalue weighted by Crippen LogP contribution is -2.52. The average molecular weight is 308 g/mol. The summed E-state index contributed by atoms with van der Waals surface area (Å²) in [6.45, 7) is 2.09. The van der Waals surface area contributed by atoms with Crippen LogP contribution in [-0.2, 0) is 5.60 Å². The molecule has 2 atom stereocenters. The highest BCUT2D eigenvalue weighted by Gasteiger charge is 2.53. The van der Waals surface area contributed by atoms with Crippen molar-refractivity contribution in [3.05, 3.63) is 65.7 Å². The van der Waals surface area contributed by atoms with Gasteiger partial charge in [0.25, 0.3) is 0 Å². The Hall–Kier alpha value is -1.80. The SMILES string of the molecule is Cc1ccc(C2(O)CCC2C2CC(Oc3ccccc3)C2)cc1. The fourth-order valence-corrected chi connectivity index (χ4v) is 4.13. The molecule has 0 radical (unpaired) electrons. The molecule has 120 valence electrons. The smallest absolute Gasteiger partial charge is 0.119 e. The Labute approximate surface area is 138 Å². The number of hydrogen-bond acceptors (Lipinski definition) is 2. The molecule has 2 heteroatoms. The molecular weight excluding hydrogens is 284 g/mol. The second-order valence-electron chi connectivity index (χ2n) is 7.22. The van der Waals surface area contributed by atoms with Crippen LogP contribution in [0.15, 0.2) is 54.6 Å². The standard InChI is InChI=1S/C21H24O2/c1-15-7-9-17(10-8-15)21(22)12-11-20(21)16-13-19(14-16)23-18-5-3-2-4-6-18/h2-10,16,19-20,22H,11-14H2,1H3. The topological polar surface area (TPSA) is 29.5 Å². The Balaban J connectivity index is 1.38. The number of hydrogen-bond donors (Lipinski definition) is 1. The Bertz CT molecular complexity index is 658. The van der Waals surface area contributed by atoms with Crippen LogP contribution >= 0.6 is 0 Å². The third-order valence-corrected chi connectivity index (χ3v) is 5.75. The van der Waals surface area contributed by atoms with E-state index in [9.17, 15) is 5.11 Å². The van der Waals surface area contributed by atoms with E-state index in [1.807, 2.05) is 30.3 Å². The first-order valence-corrected chi connectivity index (χ1v) is 8.66. The first-order chi connectivity index (χ1) is 11.1. The van der Waals surface area contributed by atoms with Crippen molar-refractivity contribution in [1.29, 1.82) is 0 Å². The van der Waals surface area contributed by atoms with Gasteiger partial charge in [-0.05, 0) is 62.1 Å². The zero-order valence-corrected chi connectivity index (χ0v) is 13.6. The van der Waals surface area contributed by atoms with Gasteiger partial charge in [-0.2, -0.15) is 0 Å². The van der Waals surface area contributed by atoms with Crippen LogP contribution in [0.5, 0.6) is 5.75 Å². The minimum absolute atomic E-state index is 0.310. The zero-order valence-electron chi connectivity index (χ0n) is 13.6. The molecule has 0 aliphatic heterocycles. The van der Waals surface area contributed by atoms with Gasteiger partial charge in [0.05, 0.1) is 11.7 Å². The van der Waals surface area contributed by atoms with Crippen LogP contribution in [0.4, 0.5) is 0 Å². The molecule has 2 aromatic rings. The van der Waals surface area contributed by atoms with Crippen LogP contribution in [0.3, 0.4) is 0 Å². The molecule has 0 aromatic heterocycles. The molecule has 4 rings (SSSR count). The summed E-state index contributed by atoms with van der Waals surface area (Å²) in [5, 5.41) is 11.1. The number of aliphatic hydroxyl groups is 1. The summed E-state index contributed by atoms with van der Waals surface area (Å²) < 4.78 is 6.01. The van der Waals surface area contributed by atoms with Crippen molar-refractivity contribution in [2.45, 2.75) is 44.3 Å². The number of benzene rings is 2. The van der Waals surface area contributed by atoms with E-state index in [0.717, 1.165) is 37.0 Å². The summed E-state index contributed by atoms with van der Waals surface area (Å²) in [6.07, 6.45) is 4.46. The van der Waals surface area contributed by atoms with Gasteiger partial charge in [-0.3, -0.25) is 0 Å². The van der Waals surface area contributed by atoms with Crippen molar-refractivity contribution in [1.82, 2.24) is 0 Å². The molecule has 1 N–H and O–H groups in total. The number of ether oxygens (including phenoxy) is 1. The fourth-order valence-electron chi connectivity index (χ4n) is 4.13. The van der Waals surface area contributed by atoms with Crippen molar-refractivity contribution in [2.24, 2.45) is 11.8 Å². The molecule has 2 aromatic carbocycles. The van der Waals surface area contributed by atoms with Gasteiger partial charge in [-0.15, -0.1) is 0 Å². The molecule has 0 bridgehead atoms. The average Bonchev–Trinajstić information content (AvgIpc) is 2.53. The molecule has 2 aliphatic carbocycles. The lowest BCUT2D eigenvalue weighted by Gasteiger charge is -2.54. The van der Waals surface area contributed by atoms with Crippen molar-refractivity contribution in [3.63, 3.8) is 0 Å². The lowest BCUT2D eigenvalue weighted by molar-refractivity contribution is -0.152. The molecular formula is C21H24O2. The summed E-state index contributed by atoms with van der Waals surface area (Å²) in [6, 6.07) is 18.4. The summed E-state index contributed by atoms with van der Waals surface area (Å²) in [5.41, 5.74) is 1.72. The molecule has 2 fully saturated rings. The van der Waals surface area contributed by atoms with E-state index < -0.39 is 5.60 Å². The van der Waals surface area contributed by atoms with E-state index in [2.05, 4.69) is 31.2 Å². The minimum Gasteiger partial charge on any atom is -0.490 e. The molecule has 2 unspecified atom stereocenters. The Morgan fingerprint density at radius 2 is 1.70 bits per heavy atom. The van der Waals surface area contributed by atoms with Crippen LogP contribution in [-0.4, -0.2) is 11.2 Å². The van der Waals surface area contributed by atoms with Crippen LogP contribution in [0.2, 0.25) is 0 Å². The Kier molecular flexibility index (Phi) is 3.65. The molecule has 2 nitrogen and oxygen atoms in total. The van der Waals surface area contributed by atoms with E-state index in [4.69, 9.17) is 4.74 Å². The van der Waals surface area contributed by atoms with Gasteiger partial charge in [0.15, 0.2) is 0 Å². The van der Waals surface area contributed by atoms with E-state index in [-0.39, 0.29) is 0 Å². The van der Waals surface area contributed by atoms with Crippen molar-refractivity contribution >= 4 is 0 Å². The van der Waals surface area contributed by atoms with Crippen LogP contribution in [0.25, 0.3) is 0 Å². The molecule has 0 amide bonds. The summed E-state index contributed by atoms with van der Waals surface area (Å²) in [4.78, 5) is 0. The molecule has 0 heterocycles. The number of aryl methyl sites for hydroxylation is 1. The van der Waals surface area contributed by atoms with Gasteiger partial charge < -0.3 is 9.84 Å². The first-order valence-electron chi connectivity index (χ1n) is 8.66. The van der Waals surface area contributed by atoms with Gasteiger partial charge in [0.1, 0.15) is 5.75 Å². The van der Waals surface area contributed by atoms with Crippen LogP contribution in [0.1, 0.15) is 36.8 Å². The van der Waals surface area contributed by atoms with Crippen molar-refractivity contribution in [3.8, 4) is 5.75 Å². The van der Waals surface area contributed by atoms with E-state index in [1.165, 1.54) is 5.56 Å².